The molecule has 0 aliphatic rings. The fraction of sp³-hybridized carbons (Fsp3) is 0.143. The highest BCUT2D eigenvalue weighted by Gasteiger charge is 2.34. The molecule has 1 aromatic carbocycles. The third kappa shape index (κ3) is 3.17. The average Bonchev–Trinajstić information content (AvgIpc) is 2.05. The Labute approximate surface area is 84.5 Å². The summed E-state index contributed by atoms with van der Waals surface area (Å²) >= 11 is -2.64. The van der Waals surface area contributed by atoms with E-state index in [2.05, 4.69) is 0 Å². The molecule has 1 atom stereocenters. The van der Waals surface area contributed by atoms with E-state index in [4.69, 9.17) is 4.55 Å². The minimum atomic E-state index is -4.79. The molecule has 3 nitrogen and oxygen atoms in total. The fourth-order valence-electron chi connectivity index (χ4n) is 0.934. The summed E-state index contributed by atoms with van der Waals surface area (Å²) in [6.45, 7) is 0. The van der Waals surface area contributed by atoms with Gasteiger partial charge < -0.3 is 0 Å². The molecule has 84 valence electrons. The van der Waals surface area contributed by atoms with Crippen molar-refractivity contribution in [1.29, 1.82) is 0 Å². The molecule has 0 aliphatic carbocycles. The van der Waals surface area contributed by atoms with Crippen LogP contribution in [0.4, 0.5) is 23.2 Å². The van der Waals surface area contributed by atoms with Crippen LogP contribution in [0.15, 0.2) is 18.2 Å². The zero-order chi connectivity index (χ0) is 11.6. The van der Waals surface area contributed by atoms with Crippen molar-refractivity contribution >= 4 is 17.0 Å². The van der Waals surface area contributed by atoms with Gasteiger partial charge in [-0.1, -0.05) is 0 Å². The molecule has 0 spiro atoms. The molecule has 0 heterocycles. The van der Waals surface area contributed by atoms with Gasteiger partial charge in [-0.2, -0.15) is 13.2 Å². The minimum Gasteiger partial charge on any atom is -0.289 e. The molecule has 0 saturated carbocycles. The van der Waals surface area contributed by atoms with Gasteiger partial charge in [0.1, 0.15) is 5.82 Å². The summed E-state index contributed by atoms with van der Waals surface area (Å²) < 4.78 is 69.7. The normalized spacial score (nSPS) is 13.7. The van der Waals surface area contributed by atoms with Crippen molar-refractivity contribution in [3.63, 3.8) is 0 Å². The van der Waals surface area contributed by atoms with Crippen molar-refractivity contribution < 1.29 is 26.3 Å². The quantitative estimate of drug-likeness (QED) is 0.619. The van der Waals surface area contributed by atoms with Gasteiger partial charge in [-0.05, 0) is 18.2 Å². The van der Waals surface area contributed by atoms with Crippen LogP contribution in [0, 0.1) is 5.82 Å². The average molecular weight is 243 g/mol. The molecular weight excluding hydrogens is 238 g/mol. The highest BCUT2D eigenvalue weighted by atomic mass is 32.2. The monoisotopic (exact) mass is 243 g/mol. The summed E-state index contributed by atoms with van der Waals surface area (Å²) in [7, 11) is 0. The van der Waals surface area contributed by atoms with Gasteiger partial charge in [0, 0.05) is 0 Å². The number of alkyl halides is 3. The Bertz CT molecular complexity index is 393. The maximum Gasteiger partial charge on any atom is 0.418 e. The topological polar surface area (TPSA) is 49.3 Å². The van der Waals surface area contributed by atoms with Crippen LogP contribution in [0.1, 0.15) is 5.56 Å². The Kier molecular flexibility index (Phi) is 3.30. The van der Waals surface area contributed by atoms with Crippen molar-refractivity contribution in [2.75, 3.05) is 4.72 Å². The first kappa shape index (κ1) is 11.9. The third-order valence-electron chi connectivity index (χ3n) is 1.48. The van der Waals surface area contributed by atoms with E-state index in [1.807, 2.05) is 0 Å². The van der Waals surface area contributed by atoms with Gasteiger partial charge in [-0.3, -0.25) is 9.27 Å². The second-order valence-electron chi connectivity index (χ2n) is 2.54. The molecule has 0 bridgehead atoms. The van der Waals surface area contributed by atoms with Crippen LogP contribution in [0.3, 0.4) is 0 Å². The van der Waals surface area contributed by atoms with Gasteiger partial charge in [0.15, 0.2) is 0 Å². The van der Waals surface area contributed by atoms with Crippen LogP contribution in [0.5, 0.6) is 0 Å². The van der Waals surface area contributed by atoms with Gasteiger partial charge in [0.2, 0.25) is 0 Å². The van der Waals surface area contributed by atoms with Gasteiger partial charge in [-0.25, -0.2) is 8.60 Å². The smallest absolute Gasteiger partial charge is 0.289 e. The molecule has 0 aliphatic heterocycles. The highest BCUT2D eigenvalue weighted by molar-refractivity contribution is 7.80. The van der Waals surface area contributed by atoms with Crippen LogP contribution in [-0.2, 0) is 17.4 Å². The standard InChI is InChI=1S/C7H5F4NO2S/c8-4-1-2-6(12-15(13)14)5(3-4)7(9,10)11/h1-3,12H,(H,13,14). The van der Waals surface area contributed by atoms with Gasteiger partial charge in [-0.15, -0.1) is 0 Å². The first-order valence-corrected chi connectivity index (χ1v) is 4.65. The molecule has 0 saturated heterocycles. The first-order valence-electron chi connectivity index (χ1n) is 3.55. The number of nitrogens with one attached hydrogen (secondary N) is 1. The zero-order valence-corrected chi connectivity index (χ0v) is 7.82. The summed E-state index contributed by atoms with van der Waals surface area (Å²) in [4.78, 5) is 0. The lowest BCUT2D eigenvalue weighted by atomic mass is 10.2. The van der Waals surface area contributed by atoms with Gasteiger partial charge in [0.25, 0.3) is 11.3 Å². The lowest BCUT2D eigenvalue weighted by Gasteiger charge is -2.12. The Balaban J connectivity index is 3.20. The predicted octanol–water partition coefficient (Wildman–Crippen LogP) is 2.39. The third-order valence-corrected chi connectivity index (χ3v) is 1.88. The molecule has 2 N–H and O–H groups in total. The van der Waals surface area contributed by atoms with Crippen LogP contribution in [0.2, 0.25) is 0 Å². The Morgan fingerprint density at radius 2 is 1.93 bits per heavy atom. The summed E-state index contributed by atoms with van der Waals surface area (Å²) in [6.07, 6.45) is -4.79. The second kappa shape index (κ2) is 4.15. The number of hydrogen-bond acceptors (Lipinski definition) is 1. The lowest BCUT2D eigenvalue weighted by Crippen LogP contribution is -2.12. The summed E-state index contributed by atoms with van der Waals surface area (Å²) in [5.74, 6) is -1.07. The van der Waals surface area contributed by atoms with Gasteiger partial charge >= 0.3 is 6.18 Å². The molecule has 1 aromatic rings. The number of hydrogen-bond donors (Lipinski definition) is 2. The minimum absolute atomic E-state index is 0.245. The number of halogens is 4. The first-order chi connectivity index (χ1) is 6.80. The second-order valence-corrected chi connectivity index (χ2v) is 3.24. The highest BCUT2D eigenvalue weighted by Crippen LogP contribution is 2.35. The van der Waals surface area contributed by atoms with Crippen molar-refractivity contribution in [1.82, 2.24) is 0 Å². The van der Waals surface area contributed by atoms with Crippen molar-refractivity contribution in [3.05, 3.63) is 29.6 Å². The molecule has 0 fully saturated rings. The van der Waals surface area contributed by atoms with Crippen molar-refractivity contribution in [2.24, 2.45) is 0 Å². The predicted molar refractivity (Wildman–Crippen MR) is 45.8 cm³/mol. The van der Waals surface area contributed by atoms with Crippen molar-refractivity contribution in [2.45, 2.75) is 6.18 Å². The molecule has 15 heavy (non-hydrogen) atoms. The molecular formula is C7H5F4NO2S. The van der Waals surface area contributed by atoms with E-state index in [9.17, 15) is 21.8 Å². The SMILES string of the molecule is O=S(O)Nc1ccc(F)cc1C(F)(F)F. The van der Waals surface area contributed by atoms with Gasteiger partial charge in [0.05, 0.1) is 11.3 Å². The molecule has 1 unspecified atom stereocenters. The summed E-state index contributed by atoms with van der Waals surface area (Å²) in [6, 6.07) is 1.74. The Morgan fingerprint density at radius 1 is 1.33 bits per heavy atom. The molecule has 0 aromatic heterocycles. The largest absolute Gasteiger partial charge is 0.418 e. The molecule has 0 radical (unpaired) electrons. The van der Waals surface area contributed by atoms with Crippen LogP contribution in [-0.4, -0.2) is 8.76 Å². The van der Waals surface area contributed by atoms with Crippen LogP contribution in [0.25, 0.3) is 0 Å². The van der Waals surface area contributed by atoms with Crippen molar-refractivity contribution in [3.8, 4) is 0 Å². The van der Waals surface area contributed by atoms with E-state index >= 15 is 0 Å². The van der Waals surface area contributed by atoms with E-state index in [1.165, 1.54) is 0 Å². The summed E-state index contributed by atoms with van der Waals surface area (Å²) in [5.41, 5.74) is -1.98. The molecule has 0 amide bonds. The molecule has 8 heteroatoms. The van der Waals surface area contributed by atoms with E-state index < -0.39 is 34.5 Å². The lowest BCUT2D eigenvalue weighted by molar-refractivity contribution is -0.137. The van der Waals surface area contributed by atoms with Crippen LogP contribution >= 0.6 is 0 Å². The summed E-state index contributed by atoms with van der Waals surface area (Å²) in [5, 5.41) is 0. The Hall–Kier alpha value is -1.15. The maximum absolute atomic E-state index is 12.5. The zero-order valence-electron chi connectivity index (χ0n) is 7.01. The van der Waals surface area contributed by atoms with Crippen LogP contribution < -0.4 is 4.72 Å². The Morgan fingerprint density at radius 3 is 2.40 bits per heavy atom. The number of benzene rings is 1. The van der Waals surface area contributed by atoms with E-state index in [0.29, 0.717) is 0 Å². The maximum atomic E-state index is 12.5. The fourth-order valence-corrected chi connectivity index (χ4v) is 1.30. The molecule has 1 rings (SSSR count). The number of rotatable bonds is 2. The van der Waals surface area contributed by atoms with E-state index in [0.717, 1.165) is 12.1 Å². The van der Waals surface area contributed by atoms with E-state index in [1.54, 1.807) is 4.72 Å². The van der Waals surface area contributed by atoms with E-state index in [-0.39, 0.29) is 6.07 Å². The number of anilines is 1.